The minimum absolute atomic E-state index is 0.0415. The molecule has 0 saturated heterocycles. The summed E-state index contributed by atoms with van der Waals surface area (Å²) in [4.78, 5) is 29.7. The number of halogens is 1. The lowest BCUT2D eigenvalue weighted by molar-refractivity contribution is -0.116. The van der Waals surface area contributed by atoms with Crippen LogP contribution in [0.2, 0.25) is 5.02 Å². The van der Waals surface area contributed by atoms with Crippen molar-refractivity contribution < 1.29 is 18.7 Å². The number of ether oxygens (including phenoxy) is 1. The van der Waals surface area contributed by atoms with Crippen molar-refractivity contribution in [1.82, 2.24) is 0 Å². The van der Waals surface area contributed by atoms with E-state index < -0.39 is 6.04 Å². The van der Waals surface area contributed by atoms with Gasteiger partial charge in [-0.1, -0.05) is 35.9 Å². The van der Waals surface area contributed by atoms with Crippen molar-refractivity contribution in [3.8, 4) is 5.75 Å². The fourth-order valence-corrected chi connectivity index (χ4v) is 5.48. The van der Waals surface area contributed by atoms with Crippen LogP contribution in [0.4, 0.5) is 21.9 Å². The predicted molar refractivity (Wildman–Crippen MR) is 151 cm³/mol. The van der Waals surface area contributed by atoms with Crippen molar-refractivity contribution in [2.24, 2.45) is 0 Å². The van der Waals surface area contributed by atoms with Gasteiger partial charge in [-0.05, 0) is 72.6 Å². The predicted octanol–water partition coefficient (Wildman–Crippen LogP) is 7.55. The second-order valence-electron chi connectivity index (χ2n) is 9.56. The van der Waals surface area contributed by atoms with Crippen LogP contribution in [0.3, 0.4) is 0 Å². The molecule has 0 bridgehead atoms. The van der Waals surface area contributed by atoms with Crippen molar-refractivity contribution >= 4 is 40.5 Å². The number of Topliss-reactive ketones (excluding diaryl/α,β-unsaturated/α-hetero) is 1. The van der Waals surface area contributed by atoms with Gasteiger partial charge in [-0.3, -0.25) is 9.69 Å². The van der Waals surface area contributed by atoms with Crippen LogP contribution in [0.15, 0.2) is 107 Å². The van der Waals surface area contributed by atoms with Crippen LogP contribution in [-0.4, -0.2) is 18.9 Å². The molecule has 6 rings (SSSR count). The highest BCUT2D eigenvalue weighted by atomic mass is 35.5. The van der Waals surface area contributed by atoms with E-state index in [-0.39, 0.29) is 24.2 Å². The number of anilines is 3. The molecule has 1 aliphatic carbocycles. The van der Waals surface area contributed by atoms with Crippen molar-refractivity contribution in [3.05, 3.63) is 119 Å². The molecule has 2 aliphatic rings. The van der Waals surface area contributed by atoms with Crippen LogP contribution in [0.5, 0.6) is 5.75 Å². The highest BCUT2D eigenvalue weighted by Gasteiger charge is 2.42. The first-order valence-corrected chi connectivity index (χ1v) is 13.0. The molecule has 39 heavy (non-hydrogen) atoms. The van der Waals surface area contributed by atoms with Crippen molar-refractivity contribution in [3.63, 3.8) is 0 Å². The third kappa shape index (κ3) is 4.77. The van der Waals surface area contributed by atoms with E-state index in [0.29, 0.717) is 34.1 Å². The van der Waals surface area contributed by atoms with E-state index >= 15 is 0 Å². The zero-order valence-corrected chi connectivity index (χ0v) is 21.9. The molecule has 0 spiro atoms. The summed E-state index contributed by atoms with van der Waals surface area (Å²) in [5.41, 5.74) is 4.10. The second kappa shape index (κ2) is 10.3. The molecular formula is C31H26ClN3O4. The van der Waals surface area contributed by atoms with Crippen LogP contribution >= 0.6 is 11.6 Å². The van der Waals surface area contributed by atoms with Crippen molar-refractivity contribution in [2.75, 3.05) is 22.6 Å². The number of ketones is 1. The number of methoxy groups -OCH3 is 1. The molecule has 4 aromatic rings. The quantitative estimate of drug-likeness (QED) is 0.280. The van der Waals surface area contributed by atoms with Gasteiger partial charge in [0.2, 0.25) is 0 Å². The molecule has 3 aromatic carbocycles. The minimum Gasteiger partial charge on any atom is -0.497 e. The number of hydrogen-bond donors (Lipinski definition) is 2. The highest BCUT2D eigenvalue weighted by molar-refractivity contribution is 6.30. The molecule has 7 nitrogen and oxygen atoms in total. The van der Waals surface area contributed by atoms with Crippen molar-refractivity contribution in [1.29, 1.82) is 0 Å². The molecule has 0 fully saturated rings. The molecule has 1 aliphatic heterocycles. The van der Waals surface area contributed by atoms with Gasteiger partial charge < -0.3 is 19.8 Å². The minimum atomic E-state index is -0.684. The summed E-state index contributed by atoms with van der Waals surface area (Å²) >= 11 is 6.23. The number of hydrogen-bond acceptors (Lipinski definition) is 5. The summed E-state index contributed by atoms with van der Waals surface area (Å²) in [6.45, 7) is 0. The van der Waals surface area contributed by atoms with E-state index in [9.17, 15) is 9.59 Å². The summed E-state index contributed by atoms with van der Waals surface area (Å²) in [6, 6.07) is 24.7. The maximum Gasteiger partial charge on any atom is 0.327 e. The zero-order chi connectivity index (χ0) is 26.9. The fraction of sp³-hybridized carbons (Fsp3) is 0.161. The topological polar surface area (TPSA) is 83.8 Å². The Morgan fingerprint density at radius 1 is 1.00 bits per heavy atom. The van der Waals surface area contributed by atoms with Crippen molar-refractivity contribution in [2.45, 2.75) is 24.8 Å². The van der Waals surface area contributed by atoms with Gasteiger partial charge in [0.15, 0.2) is 5.78 Å². The molecule has 2 unspecified atom stereocenters. The average Bonchev–Trinajstić information content (AvgIpc) is 3.44. The summed E-state index contributed by atoms with van der Waals surface area (Å²) in [5, 5.41) is 7.10. The van der Waals surface area contributed by atoms with Gasteiger partial charge in [0, 0.05) is 34.3 Å². The normalized spacial score (nSPS) is 18.5. The molecule has 196 valence electrons. The summed E-state index contributed by atoms with van der Waals surface area (Å²) in [5.74, 6) is 1.31. The number of furan rings is 1. The molecule has 1 aromatic heterocycles. The van der Waals surface area contributed by atoms with E-state index in [1.54, 1.807) is 54.7 Å². The Hall–Kier alpha value is -4.49. The van der Waals surface area contributed by atoms with E-state index in [1.165, 1.54) is 0 Å². The maximum absolute atomic E-state index is 14.1. The lowest BCUT2D eigenvalue weighted by Crippen LogP contribution is -2.41. The number of carbonyl (C=O) groups is 2. The van der Waals surface area contributed by atoms with E-state index in [0.717, 1.165) is 22.7 Å². The molecule has 0 saturated carbocycles. The number of amides is 2. The Labute approximate surface area is 231 Å². The fourth-order valence-electron chi connectivity index (χ4n) is 5.36. The van der Waals surface area contributed by atoms with Gasteiger partial charge in [0.1, 0.15) is 11.5 Å². The first-order valence-electron chi connectivity index (χ1n) is 12.7. The molecule has 2 N–H and O–H groups in total. The summed E-state index contributed by atoms with van der Waals surface area (Å²) in [7, 11) is 1.59. The number of rotatable bonds is 4. The Morgan fingerprint density at radius 2 is 1.77 bits per heavy atom. The number of benzene rings is 3. The molecular weight excluding hydrogens is 514 g/mol. The lowest BCUT2D eigenvalue weighted by Gasteiger charge is -2.34. The number of fused-ring (bicyclic) bond motifs is 1. The number of para-hydroxylation sites is 2. The number of nitrogens with one attached hydrogen (secondary N) is 2. The third-order valence-electron chi connectivity index (χ3n) is 7.18. The van der Waals surface area contributed by atoms with Crippen LogP contribution in [0.25, 0.3) is 0 Å². The number of urea groups is 1. The Balaban J connectivity index is 1.49. The van der Waals surface area contributed by atoms with E-state index in [4.69, 9.17) is 20.8 Å². The molecule has 8 heteroatoms. The van der Waals surface area contributed by atoms with Gasteiger partial charge in [0.05, 0.1) is 30.8 Å². The largest absolute Gasteiger partial charge is 0.497 e. The van der Waals surface area contributed by atoms with Crippen LogP contribution in [-0.2, 0) is 4.79 Å². The van der Waals surface area contributed by atoms with Gasteiger partial charge in [-0.25, -0.2) is 4.79 Å². The summed E-state index contributed by atoms with van der Waals surface area (Å²) < 4.78 is 10.9. The van der Waals surface area contributed by atoms with E-state index in [2.05, 4.69) is 10.6 Å². The molecule has 2 heterocycles. The molecule has 2 atom stereocenters. The zero-order valence-electron chi connectivity index (χ0n) is 21.2. The number of allylic oxidation sites excluding steroid dienone is 1. The van der Waals surface area contributed by atoms with Gasteiger partial charge >= 0.3 is 6.03 Å². The average molecular weight is 540 g/mol. The van der Waals surface area contributed by atoms with Crippen LogP contribution in [0, 0.1) is 0 Å². The number of carbonyl (C=O) groups excluding carboxylic acids is 2. The van der Waals surface area contributed by atoms with Crippen LogP contribution < -0.4 is 20.3 Å². The lowest BCUT2D eigenvalue weighted by atomic mass is 9.80. The monoisotopic (exact) mass is 539 g/mol. The number of nitrogens with zero attached hydrogens (tertiary/aromatic N) is 1. The highest BCUT2D eigenvalue weighted by Crippen LogP contribution is 2.47. The Kier molecular flexibility index (Phi) is 6.59. The van der Waals surface area contributed by atoms with Gasteiger partial charge in [-0.15, -0.1) is 0 Å². The smallest absolute Gasteiger partial charge is 0.327 e. The van der Waals surface area contributed by atoms with E-state index in [1.807, 2.05) is 48.5 Å². The Morgan fingerprint density at radius 3 is 2.49 bits per heavy atom. The van der Waals surface area contributed by atoms with Gasteiger partial charge in [-0.2, -0.15) is 0 Å². The Bertz CT molecular complexity index is 1550. The first-order chi connectivity index (χ1) is 19.0. The van der Waals surface area contributed by atoms with Gasteiger partial charge in [0.25, 0.3) is 0 Å². The standard InChI is InChI=1S/C31H26ClN3O4/c1-38-23-14-12-22(13-15-23)33-31(37)35-26-6-3-2-5-24(26)34-25-17-20(28-7-4-16-39-28)18-27(36)29(25)30(35)19-8-10-21(32)11-9-19/h2-16,20,30,34H,17-18H2,1H3,(H,33,37). The summed E-state index contributed by atoms with van der Waals surface area (Å²) in [6.07, 6.45) is 2.48. The molecule has 2 amide bonds. The second-order valence-corrected chi connectivity index (χ2v) is 10.00. The third-order valence-corrected chi connectivity index (χ3v) is 7.43. The SMILES string of the molecule is COc1ccc(NC(=O)N2c3ccccc3NC3=C(C(=O)CC(c4ccco4)C3)C2c2ccc(Cl)cc2)cc1. The van der Waals surface area contributed by atoms with Crippen LogP contribution in [0.1, 0.15) is 36.1 Å². The maximum atomic E-state index is 14.1. The first kappa shape index (κ1) is 24.8. The molecule has 0 radical (unpaired) electrons.